The molecule has 3 N–H and O–H groups in total. The first-order valence-electron chi connectivity index (χ1n) is 5.13. The lowest BCUT2D eigenvalue weighted by atomic mass is 10.2. The van der Waals surface area contributed by atoms with Crippen LogP contribution in [-0.4, -0.2) is 4.98 Å². The van der Waals surface area contributed by atoms with E-state index in [0.29, 0.717) is 27.6 Å². The molecule has 0 radical (unpaired) electrons. The van der Waals surface area contributed by atoms with Gasteiger partial charge in [-0.15, -0.1) is 0 Å². The molecular formula is C12H9FN2O2. The van der Waals surface area contributed by atoms with E-state index in [1.165, 1.54) is 18.2 Å². The van der Waals surface area contributed by atoms with Gasteiger partial charge in [-0.05, 0) is 24.3 Å². The van der Waals surface area contributed by atoms with Crippen molar-refractivity contribution < 1.29 is 8.81 Å². The Labute approximate surface area is 94.8 Å². The minimum Gasteiger partial charge on any atom is -0.422 e. The van der Waals surface area contributed by atoms with Gasteiger partial charge in [0.05, 0.1) is 10.9 Å². The molecule has 3 rings (SSSR count). The fourth-order valence-corrected chi connectivity index (χ4v) is 1.94. The molecule has 0 saturated heterocycles. The number of nitrogens with one attached hydrogen (secondary N) is 1. The Morgan fingerprint density at radius 2 is 2.12 bits per heavy atom. The lowest BCUT2D eigenvalue weighted by Crippen LogP contribution is -1.98. The smallest absolute Gasteiger partial charge is 0.345 e. The zero-order valence-corrected chi connectivity index (χ0v) is 8.79. The molecule has 17 heavy (non-hydrogen) atoms. The molecular weight excluding hydrogens is 223 g/mol. The maximum atomic E-state index is 13.2. The molecule has 0 bridgehead atoms. The van der Waals surface area contributed by atoms with Crippen molar-refractivity contribution in [3.8, 4) is 0 Å². The van der Waals surface area contributed by atoms with Crippen LogP contribution in [0.4, 0.5) is 4.39 Å². The Balaban J connectivity index is 2.56. The van der Waals surface area contributed by atoms with E-state index in [4.69, 9.17) is 10.2 Å². The van der Waals surface area contributed by atoms with E-state index >= 15 is 0 Å². The van der Waals surface area contributed by atoms with Crippen LogP contribution in [0, 0.1) is 5.82 Å². The maximum Gasteiger partial charge on any atom is 0.345 e. The van der Waals surface area contributed by atoms with E-state index in [0.717, 1.165) is 0 Å². The molecule has 0 atom stereocenters. The van der Waals surface area contributed by atoms with E-state index in [9.17, 15) is 9.18 Å². The Morgan fingerprint density at radius 3 is 2.88 bits per heavy atom. The minimum atomic E-state index is -0.449. The highest BCUT2D eigenvalue weighted by Gasteiger charge is 2.10. The van der Waals surface area contributed by atoms with Crippen LogP contribution >= 0.6 is 0 Å². The molecule has 0 amide bonds. The van der Waals surface area contributed by atoms with Crippen LogP contribution in [-0.2, 0) is 6.54 Å². The second-order valence-corrected chi connectivity index (χ2v) is 3.82. The Bertz CT molecular complexity index is 773. The third kappa shape index (κ3) is 1.43. The van der Waals surface area contributed by atoms with Crippen molar-refractivity contribution in [1.82, 2.24) is 4.98 Å². The SMILES string of the molecule is NCc1cc2c(=O)oc3ccc(F)cc3c2[nH]1. The van der Waals surface area contributed by atoms with Gasteiger partial charge in [-0.3, -0.25) is 0 Å². The van der Waals surface area contributed by atoms with Crippen molar-refractivity contribution in [3.63, 3.8) is 0 Å². The average Bonchev–Trinajstić information content (AvgIpc) is 2.75. The third-order valence-electron chi connectivity index (χ3n) is 2.73. The fourth-order valence-electron chi connectivity index (χ4n) is 1.94. The number of nitrogens with two attached hydrogens (primary N) is 1. The number of H-pyrrole nitrogens is 1. The largest absolute Gasteiger partial charge is 0.422 e. The van der Waals surface area contributed by atoms with Crippen molar-refractivity contribution in [1.29, 1.82) is 0 Å². The van der Waals surface area contributed by atoms with Crippen molar-refractivity contribution >= 4 is 21.9 Å². The highest BCUT2D eigenvalue weighted by molar-refractivity contribution is 6.02. The topological polar surface area (TPSA) is 72.0 Å². The van der Waals surface area contributed by atoms with E-state index in [-0.39, 0.29) is 12.4 Å². The Kier molecular flexibility index (Phi) is 2.02. The van der Waals surface area contributed by atoms with Gasteiger partial charge in [-0.1, -0.05) is 0 Å². The van der Waals surface area contributed by atoms with Gasteiger partial charge in [0.1, 0.15) is 11.4 Å². The molecule has 86 valence electrons. The van der Waals surface area contributed by atoms with Gasteiger partial charge >= 0.3 is 5.63 Å². The minimum absolute atomic E-state index is 0.283. The molecule has 0 aliphatic carbocycles. The molecule has 0 fully saturated rings. The zero-order chi connectivity index (χ0) is 12.0. The van der Waals surface area contributed by atoms with Crippen LogP contribution in [0.5, 0.6) is 0 Å². The second-order valence-electron chi connectivity index (χ2n) is 3.82. The first kappa shape index (κ1) is 10.0. The number of hydrogen-bond acceptors (Lipinski definition) is 3. The predicted molar refractivity (Wildman–Crippen MR) is 62.2 cm³/mol. The summed E-state index contributed by atoms with van der Waals surface area (Å²) in [5.74, 6) is -0.378. The Hall–Kier alpha value is -2.14. The van der Waals surface area contributed by atoms with Crippen molar-refractivity contribution in [2.75, 3.05) is 0 Å². The molecule has 0 saturated carbocycles. The lowest BCUT2D eigenvalue weighted by Gasteiger charge is -1.98. The standard InChI is InChI=1S/C12H9FN2O2/c13-6-1-2-10-8(3-6)11-9(12(16)17-10)4-7(5-14)15-11/h1-4,15H,5,14H2. The van der Waals surface area contributed by atoms with E-state index in [1.807, 2.05) is 0 Å². The fraction of sp³-hybridized carbons (Fsp3) is 0.0833. The van der Waals surface area contributed by atoms with E-state index < -0.39 is 5.63 Å². The molecule has 0 aliphatic rings. The highest BCUT2D eigenvalue weighted by atomic mass is 19.1. The number of aromatic amines is 1. The molecule has 0 spiro atoms. The number of halogens is 1. The van der Waals surface area contributed by atoms with Gasteiger partial charge in [-0.2, -0.15) is 0 Å². The monoisotopic (exact) mass is 232 g/mol. The number of aromatic nitrogens is 1. The van der Waals surface area contributed by atoms with Gasteiger partial charge in [0, 0.05) is 17.6 Å². The highest BCUT2D eigenvalue weighted by Crippen LogP contribution is 2.23. The summed E-state index contributed by atoms with van der Waals surface area (Å²) < 4.78 is 18.3. The van der Waals surface area contributed by atoms with Gasteiger partial charge in [0.15, 0.2) is 0 Å². The normalized spacial score (nSPS) is 11.4. The summed E-state index contributed by atoms with van der Waals surface area (Å²) in [6.07, 6.45) is 0. The van der Waals surface area contributed by atoms with Crippen LogP contribution in [0.3, 0.4) is 0 Å². The molecule has 2 heterocycles. The number of hydrogen-bond donors (Lipinski definition) is 2. The van der Waals surface area contributed by atoms with Crippen LogP contribution in [0.15, 0.2) is 33.5 Å². The van der Waals surface area contributed by atoms with Gasteiger partial charge in [0.25, 0.3) is 0 Å². The van der Waals surface area contributed by atoms with Crippen molar-refractivity contribution in [2.24, 2.45) is 5.73 Å². The van der Waals surface area contributed by atoms with Crippen LogP contribution in [0.2, 0.25) is 0 Å². The third-order valence-corrected chi connectivity index (χ3v) is 2.73. The molecule has 0 aliphatic heterocycles. The quantitative estimate of drug-likeness (QED) is 0.629. The van der Waals surface area contributed by atoms with Crippen molar-refractivity contribution in [3.05, 3.63) is 46.2 Å². The first-order valence-corrected chi connectivity index (χ1v) is 5.13. The first-order chi connectivity index (χ1) is 8.19. The van der Waals surface area contributed by atoms with Gasteiger partial charge < -0.3 is 15.1 Å². The van der Waals surface area contributed by atoms with Gasteiger partial charge in [-0.25, -0.2) is 9.18 Å². The van der Waals surface area contributed by atoms with Crippen LogP contribution in [0.25, 0.3) is 21.9 Å². The summed E-state index contributed by atoms with van der Waals surface area (Å²) in [5.41, 5.74) is 6.68. The van der Waals surface area contributed by atoms with Crippen molar-refractivity contribution in [2.45, 2.75) is 6.54 Å². The van der Waals surface area contributed by atoms with E-state index in [2.05, 4.69) is 4.98 Å². The second kappa shape index (κ2) is 3.43. The molecule has 0 unspecified atom stereocenters. The molecule has 5 heteroatoms. The molecule has 1 aromatic carbocycles. The maximum absolute atomic E-state index is 13.2. The van der Waals surface area contributed by atoms with Crippen LogP contribution in [0.1, 0.15) is 5.69 Å². The summed E-state index contributed by atoms with van der Waals surface area (Å²) in [6.45, 7) is 0.283. The molecule has 3 aromatic rings. The summed E-state index contributed by atoms with van der Waals surface area (Å²) in [5, 5.41) is 0.933. The number of fused-ring (bicyclic) bond motifs is 3. The molecule has 2 aromatic heterocycles. The molecule has 4 nitrogen and oxygen atoms in total. The summed E-state index contributed by atoms with van der Waals surface area (Å²) in [6, 6.07) is 5.65. The van der Waals surface area contributed by atoms with Gasteiger partial charge in [0.2, 0.25) is 0 Å². The van der Waals surface area contributed by atoms with Crippen LogP contribution < -0.4 is 11.4 Å². The summed E-state index contributed by atoms with van der Waals surface area (Å²) >= 11 is 0. The zero-order valence-electron chi connectivity index (χ0n) is 8.79. The Morgan fingerprint density at radius 1 is 1.29 bits per heavy atom. The summed E-state index contributed by atoms with van der Waals surface area (Å²) in [7, 11) is 0. The number of benzene rings is 1. The number of rotatable bonds is 1. The average molecular weight is 232 g/mol. The lowest BCUT2D eigenvalue weighted by molar-refractivity contribution is 0.567. The predicted octanol–water partition coefficient (Wildman–Crippen LogP) is 1.87. The van der Waals surface area contributed by atoms with E-state index in [1.54, 1.807) is 6.07 Å². The summed E-state index contributed by atoms with van der Waals surface area (Å²) in [4.78, 5) is 14.7.